The van der Waals surface area contributed by atoms with Gasteiger partial charge in [-0.25, -0.2) is 4.39 Å². The topological polar surface area (TPSA) is 76.7 Å². The van der Waals surface area contributed by atoms with Gasteiger partial charge in [-0.2, -0.15) is 0 Å². The number of hydrogen-bond acceptors (Lipinski definition) is 5. The summed E-state index contributed by atoms with van der Waals surface area (Å²) in [6.45, 7) is 0.165. The van der Waals surface area contributed by atoms with Gasteiger partial charge < -0.3 is 9.47 Å². The van der Waals surface area contributed by atoms with Gasteiger partial charge in [0.25, 0.3) is 0 Å². The molecule has 0 fully saturated rings. The fourth-order valence-corrected chi connectivity index (χ4v) is 2.62. The number of ether oxygens (including phenoxy) is 2. The zero-order valence-corrected chi connectivity index (χ0v) is 15.0. The lowest BCUT2D eigenvalue weighted by Gasteiger charge is -2.09. The summed E-state index contributed by atoms with van der Waals surface area (Å²) in [5.74, 6) is 0.120. The van der Waals surface area contributed by atoms with E-state index in [4.69, 9.17) is 9.47 Å². The van der Waals surface area contributed by atoms with Crippen molar-refractivity contribution in [2.75, 3.05) is 19.5 Å². The van der Waals surface area contributed by atoms with Crippen LogP contribution in [-0.4, -0.2) is 31.3 Å². The van der Waals surface area contributed by atoms with Crippen LogP contribution in [0.2, 0.25) is 0 Å². The highest BCUT2D eigenvalue weighted by atomic mass is 32.2. The standard InChI is InChI=1S/C18H19FN2O4S/c1-24-13-6-8-14(9-7-13)25-11-10-17(22)20-21-18(23)12-26-16-5-3-2-4-15(16)19/h2-9H,10-12H2,1H3,(H,20,22)(H,21,23). The van der Waals surface area contributed by atoms with Crippen molar-refractivity contribution >= 4 is 23.6 Å². The normalized spacial score (nSPS) is 10.1. The highest BCUT2D eigenvalue weighted by molar-refractivity contribution is 8.00. The number of halogens is 1. The molecule has 0 spiro atoms. The maximum Gasteiger partial charge on any atom is 0.248 e. The second-order valence-electron chi connectivity index (χ2n) is 5.09. The maximum atomic E-state index is 13.4. The van der Waals surface area contributed by atoms with Crippen molar-refractivity contribution in [3.05, 3.63) is 54.3 Å². The lowest BCUT2D eigenvalue weighted by molar-refractivity contribution is -0.127. The number of hydrazine groups is 1. The Balaban J connectivity index is 1.61. The summed E-state index contributed by atoms with van der Waals surface area (Å²) in [4.78, 5) is 23.7. The summed E-state index contributed by atoms with van der Waals surface area (Å²) in [6.07, 6.45) is 0.0762. The second-order valence-corrected chi connectivity index (χ2v) is 6.11. The molecule has 0 saturated carbocycles. The fraction of sp³-hybridized carbons (Fsp3) is 0.222. The van der Waals surface area contributed by atoms with E-state index in [1.165, 1.54) is 6.07 Å². The molecule has 0 radical (unpaired) electrons. The maximum absolute atomic E-state index is 13.4. The Bertz CT molecular complexity index is 740. The first-order chi connectivity index (χ1) is 12.6. The third kappa shape index (κ3) is 6.64. The molecule has 2 aromatic carbocycles. The molecular weight excluding hydrogens is 359 g/mol. The number of carbonyl (C=O) groups is 2. The first-order valence-corrected chi connectivity index (χ1v) is 8.79. The fourth-order valence-electron chi connectivity index (χ4n) is 1.88. The van der Waals surface area contributed by atoms with Crippen LogP contribution in [0, 0.1) is 5.82 Å². The lowest BCUT2D eigenvalue weighted by atomic mass is 10.3. The summed E-state index contributed by atoms with van der Waals surface area (Å²) in [7, 11) is 1.57. The van der Waals surface area contributed by atoms with Crippen molar-refractivity contribution in [3.8, 4) is 11.5 Å². The van der Waals surface area contributed by atoms with Crippen molar-refractivity contribution in [1.82, 2.24) is 10.9 Å². The quantitative estimate of drug-likeness (QED) is 0.545. The van der Waals surface area contributed by atoms with Gasteiger partial charge in [-0.3, -0.25) is 20.4 Å². The number of thioether (sulfide) groups is 1. The second kappa shape index (κ2) is 10.3. The zero-order chi connectivity index (χ0) is 18.8. The Morgan fingerprint density at radius 2 is 1.65 bits per heavy atom. The molecule has 0 atom stereocenters. The minimum absolute atomic E-state index is 0.0104. The molecule has 0 bridgehead atoms. The van der Waals surface area contributed by atoms with Crippen LogP contribution < -0.4 is 20.3 Å². The summed E-state index contributed by atoms with van der Waals surface area (Å²) in [6, 6.07) is 13.2. The number of nitrogens with one attached hydrogen (secondary N) is 2. The smallest absolute Gasteiger partial charge is 0.248 e. The van der Waals surface area contributed by atoms with Crippen LogP contribution in [-0.2, 0) is 9.59 Å². The van der Waals surface area contributed by atoms with Crippen LogP contribution >= 0.6 is 11.8 Å². The molecule has 2 rings (SSSR count). The molecule has 2 aromatic rings. The van der Waals surface area contributed by atoms with Crippen LogP contribution in [0.1, 0.15) is 6.42 Å². The number of benzene rings is 2. The van der Waals surface area contributed by atoms with Crippen LogP contribution in [0.4, 0.5) is 4.39 Å². The predicted octanol–water partition coefficient (Wildman–Crippen LogP) is 2.54. The Hall–Kier alpha value is -2.74. The molecule has 8 heteroatoms. The molecule has 0 unspecified atom stereocenters. The minimum Gasteiger partial charge on any atom is -0.497 e. The molecule has 0 aromatic heterocycles. The SMILES string of the molecule is COc1ccc(OCCC(=O)NNC(=O)CSc2ccccc2F)cc1. The molecule has 138 valence electrons. The van der Waals surface area contributed by atoms with E-state index in [-0.39, 0.29) is 30.5 Å². The van der Waals surface area contributed by atoms with Crippen molar-refractivity contribution in [2.45, 2.75) is 11.3 Å². The highest BCUT2D eigenvalue weighted by Gasteiger charge is 2.08. The Morgan fingerprint density at radius 1 is 1.00 bits per heavy atom. The molecular formula is C18H19FN2O4S. The van der Waals surface area contributed by atoms with Crippen LogP contribution in [0.3, 0.4) is 0 Å². The van der Waals surface area contributed by atoms with Crippen molar-refractivity contribution in [2.24, 2.45) is 0 Å². The van der Waals surface area contributed by atoms with Gasteiger partial charge in [-0.15, -0.1) is 11.8 Å². The third-order valence-corrected chi connectivity index (χ3v) is 4.24. The molecule has 0 heterocycles. The Kier molecular flexibility index (Phi) is 7.75. The molecule has 6 nitrogen and oxygen atoms in total. The van der Waals surface area contributed by atoms with E-state index in [1.54, 1.807) is 49.6 Å². The van der Waals surface area contributed by atoms with Crippen LogP contribution in [0.15, 0.2) is 53.4 Å². The van der Waals surface area contributed by atoms with Gasteiger partial charge in [0.15, 0.2) is 0 Å². The number of rotatable bonds is 8. The predicted molar refractivity (Wildman–Crippen MR) is 96.5 cm³/mol. The van der Waals surface area contributed by atoms with Gasteiger partial charge >= 0.3 is 0 Å². The third-order valence-electron chi connectivity index (χ3n) is 3.19. The Morgan fingerprint density at radius 3 is 2.35 bits per heavy atom. The van der Waals surface area contributed by atoms with E-state index >= 15 is 0 Å². The number of methoxy groups -OCH3 is 1. The summed E-state index contributed by atoms with van der Waals surface area (Å²) in [5.41, 5.74) is 4.57. The number of amides is 2. The van der Waals surface area contributed by atoms with E-state index in [0.717, 1.165) is 11.8 Å². The van der Waals surface area contributed by atoms with Crippen molar-refractivity contribution < 1.29 is 23.5 Å². The van der Waals surface area contributed by atoms with Crippen LogP contribution in [0.5, 0.6) is 11.5 Å². The zero-order valence-electron chi connectivity index (χ0n) is 14.2. The number of hydrogen-bond donors (Lipinski definition) is 2. The molecule has 0 aliphatic carbocycles. The van der Waals surface area contributed by atoms with E-state index in [0.29, 0.717) is 16.4 Å². The lowest BCUT2D eigenvalue weighted by Crippen LogP contribution is -2.42. The largest absolute Gasteiger partial charge is 0.497 e. The monoisotopic (exact) mass is 378 g/mol. The molecule has 2 N–H and O–H groups in total. The first-order valence-electron chi connectivity index (χ1n) is 7.80. The highest BCUT2D eigenvalue weighted by Crippen LogP contribution is 2.20. The van der Waals surface area contributed by atoms with E-state index in [1.807, 2.05) is 0 Å². The first kappa shape index (κ1) is 19.6. The van der Waals surface area contributed by atoms with Gasteiger partial charge in [-0.1, -0.05) is 12.1 Å². The van der Waals surface area contributed by atoms with E-state index in [2.05, 4.69) is 10.9 Å². The van der Waals surface area contributed by atoms with Crippen molar-refractivity contribution in [1.29, 1.82) is 0 Å². The molecule has 0 saturated heterocycles. The molecule has 0 aliphatic rings. The Labute approximate surface area is 155 Å². The van der Waals surface area contributed by atoms with Gasteiger partial charge in [0.1, 0.15) is 17.3 Å². The van der Waals surface area contributed by atoms with Crippen molar-refractivity contribution in [3.63, 3.8) is 0 Å². The number of carbonyl (C=O) groups excluding carboxylic acids is 2. The summed E-state index contributed by atoms with van der Waals surface area (Å²) in [5, 5.41) is 0. The minimum atomic E-state index is -0.428. The summed E-state index contributed by atoms with van der Waals surface area (Å²) >= 11 is 1.05. The van der Waals surface area contributed by atoms with Crippen LogP contribution in [0.25, 0.3) is 0 Å². The van der Waals surface area contributed by atoms with E-state index in [9.17, 15) is 14.0 Å². The van der Waals surface area contributed by atoms with Gasteiger partial charge in [-0.05, 0) is 36.4 Å². The van der Waals surface area contributed by atoms with E-state index < -0.39 is 5.91 Å². The molecule has 2 amide bonds. The van der Waals surface area contributed by atoms with Gasteiger partial charge in [0.2, 0.25) is 11.8 Å². The molecule has 0 aliphatic heterocycles. The average Bonchev–Trinajstić information content (AvgIpc) is 2.66. The molecule has 26 heavy (non-hydrogen) atoms. The average molecular weight is 378 g/mol. The summed E-state index contributed by atoms with van der Waals surface area (Å²) < 4.78 is 23.9. The van der Waals surface area contributed by atoms with Gasteiger partial charge in [0.05, 0.1) is 25.9 Å². The van der Waals surface area contributed by atoms with Gasteiger partial charge in [0, 0.05) is 4.90 Å².